The van der Waals surface area contributed by atoms with Crippen LogP contribution in [0.1, 0.15) is 30.6 Å². The third-order valence-electron chi connectivity index (χ3n) is 2.43. The van der Waals surface area contributed by atoms with E-state index in [1.54, 1.807) is 12.1 Å². The molecule has 0 radical (unpaired) electrons. The van der Waals surface area contributed by atoms with Crippen LogP contribution in [0, 0.1) is 11.7 Å². The van der Waals surface area contributed by atoms with Crippen LogP contribution >= 0.6 is 0 Å². The van der Waals surface area contributed by atoms with Gasteiger partial charge in [0.2, 0.25) is 0 Å². The molecular formula is C12H16FNO. The maximum Gasteiger partial charge on any atom is 0.254 e. The standard InChI is InChI=1S/C12H16FNO/c1-3-9(2)8-14-12(15)10-6-4-5-7-11(10)13/h4-7,9H,3,8H2,1-2H3,(H,14,15). The Morgan fingerprint density at radius 2 is 2.13 bits per heavy atom. The van der Waals surface area contributed by atoms with Gasteiger partial charge in [-0.2, -0.15) is 0 Å². The quantitative estimate of drug-likeness (QED) is 0.811. The molecule has 0 heterocycles. The van der Waals surface area contributed by atoms with Crippen LogP contribution in [0.5, 0.6) is 0 Å². The van der Waals surface area contributed by atoms with Gasteiger partial charge < -0.3 is 5.32 Å². The minimum atomic E-state index is -0.473. The zero-order chi connectivity index (χ0) is 11.3. The molecule has 15 heavy (non-hydrogen) atoms. The largest absolute Gasteiger partial charge is 0.352 e. The molecule has 0 aliphatic carbocycles. The first-order valence-corrected chi connectivity index (χ1v) is 5.17. The summed E-state index contributed by atoms with van der Waals surface area (Å²) in [5.41, 5.74) is 0.112. The van der Waals surface area contributed by atoms with Gasteiger partial charge >= 0.3 is 0 Å². The first-order valence-electron chi connectivity index (χ1n) is 5.17. The molecule has 0 saturated carbocycles. The smallest absolute Gasteiger partial charge is 0.254 e. The molecule has 1 unspecified atom stereocenters. The van der Waals surface area contributed by atoms with Crippen LogP contribution in [0.4, 0.5) is 4.39 Å². The highest BCUT2D eigenvalue weighted by molar-refractivity contribution is 5.94. The molecule has 2 nitrogen and oxygen atoms in total. The maximum atomic E-state index is 13.2. The molecular weight excluding hydrogens is 193 g/mol. The normalized spacial score (nSPS) is 12.2. The molecule has 0 aliphatic heterocycles. The van der Waals surface area contributed by atoms with Crippen LogP contribution < -0.4 is 5.32 Å². The van der Waals surface area contributed by atoms with E-state index in [-0.39, 0.29) is 11.5 Å². The number of nitrogens with one attached hydrogen (secondary N) is 1. The van der Waals surface area contributed by atoms with E-state index in [1.807, 2.05) is 6.92 Å². The average Bonchev–Trinajstić information content (AvgIpc) is 2.26. The summed E-state index contributed by atoms with van der Waals surface area (Å²) < 4.78 is 13.2. The zero-order valence-corrected chi connectivity index (χ0v) is 9.09. The molecule has 0 aromatic heterocycles. The topological polar surface area (TPSA) is 29.1 Å². The van der Waals surface area contributed by atoms with E-state index in [4.69, 9.17) is 0 Å². The lowest BCUT2D eigenvalue weighted by Crippen LogP contribution is -2.28. The molecule has 0 saturated heterocycles. The summed E-state index contributed by atoms with van der Waals surface area (Å²) >= 11 is 0. The fourth-order valence-electron chi connectivity index (χ4n) is 1.15. The Bertz CT molecular complexity index is 338. The summed E-state index contributed by atoms with van der Waals surface area (Å²) in [4.78, 5) is 11.5. The molecule has 0 fully saturated rings. The van der Waals surface area contributed by atoms with Crippen LogP contribution in [-0.4, -0.2) is 12.5 Å². The number of carbonyl (C=O) groups is 1. The van der Waals surface area contributed by atoms with E-state index in [2.05, 4.69) is 12.2 Å². The van der Waals surface area contributed by atoms with Crippen LogP contribution in [0.15, 0.2) is 24.3 Å². The van der Waals surface area contributed by atoms with Crippen molar-refractivity contribution in [3.63, 3.8) is 0 Å². The summed E-state index contributed by atoms with van der Waals surface area (Å²) in [7, 11) is 0. The number of rotatable bonds is 4. The minimum absolute atomic E-state index is 0.112. The van der Waals surface area contributed by atoms with Gasteiger partial charge in [0.25, 0.3) is 5.91 Å². The second-order valence-electron chi connectivity index (χ2n) is 3.70. The number of amides is 1. The van der Waals surface area contributed by atoms with Gasteiger partial charge in [0.1, 0.15) is 5.82 Å². The predicted molar refractivity (Wildman–Crippen MR) is 58.2 cm³/mol. The lowest BCUT2D eigenvalue weighted by molar-refractivity contribution is 0.0944. The third kappa shape index (κ3) is 3.35. The Labute approximate surface area is 89.5 Å². The Balaban J connectivity index is 2.58. The summed E-state index contributed by atoms with van der Waals surface area (Å²) in [6, 6.07) is 6.00. The summed E-state index contributed by atoms with van der Waals surface area (Å²) in [5.74, 6) is -0.395. The SMILES string of the molecule is CCC(C)CNC(=O)c1ccccc1F. The Hall–Kier alpha value is -1.38. The number of halogens is 1. The van der Waals surface area contributed by atoms with E-state index >= 15 is 0 Å². The van der Waals surface area contributed by atoms with Gasteiger partial charge in [-0.05, 0) is 18.1 Å². The molecule has 0 aliphatic rings. The minimum Gasteiger partial charge on any atom is -0.352 e. The van der Waals surface area contributed by atoms with Crippen LogP contribution in [0.2, 0.25) is 0 Å². The summed E-state index contributed by atoms with van der Waals surface area (Å²) in [6.45, 7) is 4.69. The Kier molecular flexibility index (Phi) is 4.28. The molecule has 0 bridgehead atoms. The molecule has 1 aromatic carbocycles. The lowest BCUT2D eigenvalue weighted by Gasteiger charge is -2.10. The fraction of sp³-hybridized carbons (Fsp3) is 0.417. The molecule has 1 aromatic rings. The molecule has 3 heteroatoms. The molecule has 1 amide bonds. The monoisotopic (exact) mass is 209 g/mol. The molecule has 0 spiro atoms. The molecule has 1 atom stereocenters. The number of hydrogen-bond acceptors (Lipinski definition) is 1. The lowest BCUT2D eigenvalue weighted by atomic mass is 10.1. The Morgan fingerprint density at radius 1 is 1.47 bits per heavy atom. The van der Waals surface area contributed by atoms with Crippen molar-refractivity contribution < 1.29 is 9.18 Å². The molecule has 1 N–H and O–H groups in total. The average molecular weight is 209 g/mol. The van der Waals surface area contributed by atoms with Crippen molar-refractivity contribution in [1.82, 2.24) is 5.32 Å². The van der Waals surface area contributed by atoms with Gasteiger partial charge in [0.05, 0.1) is 5.56 Å². The summed E-state index contributed by atoms with van der Waals surface area (Å²) in [5, 5.41) is 2.71. The fourth-order valence-corrected chi connectivity index (χ4v) is 1.15. The van der Waals surface area contributed by atoms with Crippen molar-refractivity contribution in [3.05, 3.63) is 35.6 Å². The van der Waals surface area contributed by atoms with Gasteiger partial charge in [-0.25, -0.2) is 4.39 Å². The first-order chi connectivity index (χ1) is 7.15. The van der Waals surface area contributed by atoms with Crippen LogP contribution in [0.3, 0.4) is 0 Å². The van der Waals surface area contributed by atoms with Crippen molar-refractivity contribution in [2.75, 3.05) is 6.54 Å². The predicted octanol–water partition coefficient (Wildman–Crippen LogP) is 2.60. The van der Waals surface area contributed by atoms with Gasteiger partial charge in [-0.15, -0.1) is 0 Å². The van der Waals surface area contributed by atoms with E-state index < -0.39 is 5.82 Å². The van der Waals surface area contributed by atoms with Crippen molar-refractivity contribution >= 4 is 5.91 Å². The van der Waals surface area contributed by atoms with Crippen LogP contribution in [0.25, 0.3) is 0 Å². The van der Waals surface area contributed by atoms with E-state index in [1.165, 1.54) is 12.1 Å². The highest BCUT2D eigenvalue weighted by Gasteiger charge is 2.10. The maximum absolute atomic E-state index is 13.2. The summed E-state index contributed by atoms with van der Waals surface area (Å²) in [6.07, 6.45) is 0.998. The highest BCUT2D eigenvalue weighted by atomic mass is 19.1. The van der Waals surface area contributed by atoms with Crippen molar-refractivity contribution in [2.24, 2.45) is 5.92 Å². The van der Waals surface area contributed by atoms with Crippen molar-refractivity contribution in [3.8, 4) is 0 Å². The second-order valence-corrected chi connectivity index (χ2v) is 3.70. The van der Waals surface area contributed by atoms with E-state index in [9.17, 15) is 9.18 Å². The van der Waals surface area contributed by atoms with Crippen molar-refractivity contribution in [2.45, 2.75) is 20.3 Å². The molecule has 82 valence electrons. The Morgan fingerprint density at radius 3 is 2.73 bits per heavy atom. The highest BCUT2D eigenvalue weighted by Crippen LogP contribution is 2.06. The van der Waals surface area contributed by atoms with Gasteiger partial charge in [-0.1, -0.05) is 32.4 Å². The van der Waals surface area contributed by atoms with E-state index in [0.29, 0.717) is 12.5 Å². The molecule has 1 rings (SSSR count). The first kappa shape index (κ1) is 11.7. The second kappa shape index (κ2) is 5.49. The van der Waals surface area contributed by atoms with Crippen molar-refractivity contribution in [1.29, 1.82) is 0 Å². The number of hydrogen-bond donors (Lipinski definition) is 1. The zero-order valence-electron chi connectivity index (χ0n) is 9.09. The van der Waals surface area contributed by atoms with Crippen LogP contribution in [-0.2, 0) is 0 Å². The number of benzene rings is 1. The van der Waals surface area contributed by atoms with Gasteiger partial charge in [0.15, 0.2) is 0 Å². The van der Waals surface area contributed by atoms with E-state index in [0.717, 1.165) is 6.42 Å². The number of carbonyl (C=O) groups excluding carboxylic acids is 1. The third-order valence-corrected chi connectivity index (χ3v) is 2.43. The van der Waals surface area contributed by atoms with Gasteiger partial charge in [0, 0.05) is 6.54 Å². The van der Waals surface area contributed by atoms with Gasteiger partial charge in [-0.3, -0.25) is 4.79 Å².